The fraction of sp³-hybridized carbons (Fsp3) is 0.208. The van der Waals surface area contributed by atoms with Crippen molar-refractivity contribution in [2.24, 2.45) is 0 Å². The zero-order chi connectivity index (χ0) is 20.9. The van der Waals surface area contributed by atoms with Crippen LogP contribution in [0, 0.1) is 6.92 Å². The van der Waals surface area contributed by atoms with Crippen molar-refractivity contribution in [3.63, 3.8) is 0 Å². The maximum Gasteiger partial charge on any atom is 0.208 e. The van der Waals surface area contributed by atoms with Gasteiger partial charge in [0, 0.05) is 43.1 Å². The molecule has 0 radical (unpaired) electrons. The van der Waals surface area contributed by atoms with Gasteiger partial charge < -0.3 is 4.90 Å². The first-order valence-electron chi connectivity index (χ1n) is 9.53. The third kappa shape index (κ3) is 3.06. The van der Waals surface area contributed by atoms with Gasteiger partial charge in [0.25, 0.3) is 0 Å². The zero-order valence-corrected chi connectivity index (χ0v) is 18.2. The Labute approximate surface area is 172 Å². The number of hydrogen-bond donors (Lipinski definition) is 0. The molecular formula is C24H25N2O2S+. The van der Waals surface area contributed by atoms with Crippen molar-refractivity contribution in [2.45, 2.75) is 11.8 Å². The molecule has 0 unspecified atom stereocenters. The lowest BCUT2D eigenvalue weighted by molar-refractivity contribution is -0.462. The predicted molar refractivity (Wildman–Crippen MR) is 119 cm³/mol. The summed E-state index contributed by atoms with van der Waals surface area (Å²) in [6, 6.07) is 13.8. The number of rotatable bonds is 2. The van der Waals surface area contributed by atoms with Gasteiger partial charge in [-0.15, -0.1) is 0 Å². The van der Waals surface area contributed by atoms with Crippen LogP contribution in [-0.2, 0) is 9.84 Å². The molecule has 0 atom stereocenters. The molecule has 1 aliphatic heterocycles. The molecule has 2 aliphatic rings. The average Bonchev–Trinajstić information content (AvgIpc) is 2.69. The Bertz CT molecular complexity index is 1260. The Kier molecular flexibility index (Phi) is 4.58. The summed E-state index contributed by atoms with van der Waals surface area (Å²) in [6.45, 7) is 2.06. The Balaban J connectivity index is 2.14. The predicted octanol–water partition coefficient (Wildman–Crippen LogP) is 3.82. The molecule has 0 saturated heterocycles. The van der Waals surface area contributed by atoms with Gasteiger partial charge in [-0.3, -0.25) is 0 Å². The van der Waals surface area contributed by atoms with E-state index in [2.05, 4.69) is 19.1 Å². The highest BCUT2D eigenvalue weighted by atomic mass is 32.2. The largest absolute Gasteiger partial charge is 0.378 e. The standard InChI is InChI=1S/C24H25N2O2S/c1-16-8-6-7-9-19(16)24-20-12-10-17(25(2)3)14-22(20)29(27,28)23-15-18(26(4)5)11-13-21(23)24/h6-15H,1-5H3/q+1. The molecular weight excluding hydrogens is 380 g/mol. The number of allylic oxidation sites excluding steroid dienone is 4. The molecule has 0 saturated carbocycles. The maximum absolute atomic E-state index is 13.7. The molecule has 0 spiro atoms. The van der Waals surface area contributed by atoms with Crippen molar-refractivity contribution in [1.29, 1.82) is 0 Å². The first-order valence-corrected chi connectivity index (χ1v) is 11.0. The van der Waals surface area contributed by atoms with Crippen LogP contribution in [0.5, 0.6) is 0 Å². The van der Waals surface area contributed by atoms with Gasteiger partial charge in [-0.05, 0) is 41.8 Å². The van der Waals surface area contributed by atoms with Crippen LogP contribution < -0.4 is 4.90 Å². The number of hydrogen-bond acceptors (Lipinski definition) is 3. The number of sulfone groups is 1. The van der Waals surface area contributed by atoms with Crippen molar-refractivity contribution >= 4 is 26.8 Å². The molecule has 2 aromatic rings. The molecule has 2 aromatic carbocycles. The van der Waals surface area contributed by atoms with Gasteiger partial charge in [0.1, 0.15) is 14.1 Å². The summed E-state index contributed by atoms with van der Waals surface area (Å²) in [7, 11) is 4.03. The van der Waals surface area contributed by atoms with Crippen LogP contribution in [0.15, 0.2) is 76.1 Å². The lowest BCUT2D eigenvalue weighted by atomic mass is 9.88. The minimum Gasteiger partial charge on any atom is -0.378 e. The van der Waals surface area contributed by atoms with Crippen LogP contribution >= 0.6 is 0 Å². The Morgan fingerprint density at radius 1 is 0.931 bits per heavy atom. The van der Waals surface area contributed by atoms with Crippen molar-refractivity contribution in [1.82, 2.24) is 0 Å². The summed E-state index contributed by atoms with van der Waals surface area (Å²) in [4.78, 5) is 2.66. The second-order valence-corrected chi connectivity index (χ2v) is 9.73. The minimum absolute atomic E-state index is 0.366. The van der Waals surface area contributed by atoms with Gasteiger partial charge in [-0.2, -0.15) is 0 Å². The summed E-state index contributed by atoms with van der Waals surface area (Å²) in [5.74, 6) is 0. The molecule has 1 heterocycles. The molecule has 148 valence electrons. The normalized spacial score (nSPS) is 16.9. The Hall–Kier alpha value is -2.92. The highest BCUT2D eigenvalue weighted by Crippen LogP contribution is 2.46. The average molecular weight is 406 g/mol. The Morgan fingerprint density at radius 3 is 2.31 bits per heavy atom. The quantitative estimate of drug-likeness (QED) is 0.714. The van der Waals surface area contributed by atoms with E-state index in [1.54, 1.807) is 12.1 Å². The fourth-order valence-electron chi connectivity index (χ4n) is 3.84. The third-order valence-electron chi connectivity index (χ3n) is 5.50. The van der Waals surface area contributed by atoms with Crippen molar-refractivity contribution in [3.8, 4) is 0 Å². The van der Waals surface area contributed by atoms with Crippen LogP contribution in [0.25, 0.3) is 5.57 Å². The van der Waals surface area contributed by atoms with Gasteiger partial charge in [0.15, 0.2) is 0 Å². The highest BCUT2D eigenvalue weighted by molar-refractivity contribution is 7.95. The molecule has 4 rings (SSSR count). The van der Waals surface area contributed by atoms with E-state index < -0.39 is 9.84 Å². The lowest BCUT2D eigenvalue weighted by Crippen LogP contribution is -2.22. The number of fused-ring (bicyclic) bond motifs is 2. The van der Waals surface area contributed by atoms with E-state index in [4.69, 9.17) is 0 Å². The maximum atomic E-state index is 13.7. The summed E-state index contributed by atoms with van der Waals surface area (Å²) >= 11 is 0. The van der Waals surface area contributed by atoms with E-state index in [-0.39, 0.29) is 0 Å². The van der Waals surface area contributed by atoms with E-state index in [1.807, 2.05) is 74.1 Å². The van der Waals surface area contributed by atoms with E-state index in [0.29, 0.717) is 9.80 Å². The second kappa shape index (κ2) is 6.85. The van der Waals surface area contributed by atoms with E-state index in [1.165, 1.54) is 0 Å². The van der Waals surface area contributed by atoms with Crippen molar-refractivity contribution < 1.29 is 13.0 Å². The first kappa shape index (κ1) is 19.4. The topological polar surface area (TPSA) is 40.4 Å². The monoisotopic (exact) mass is 405 g/mol. The van der Waals surface area contributed by atoms with Crippen molar-refractivity contribution in [3.05, 3.63) is 87.9 Å². The van der Waals surface area contributed by atoms with Gasteiger partial charge in [0.2, 0.25) is 15.5 Å². The number of benzene rings is 2. The highest BCUT2D eigenvalue weighted by Gasteiger charge is 2.37. The first-order chi connectivity index (χ1) is 13.7. The van der Waals surface area contributed by atoms with Crippen LogP contribution in [0.3, 0.4) is 0 Å². The van der Waals surface area contributed by atoms with E-state index in [0.717, 1.165) is 39.2 Å². The van der Waals surface area contributed by atoms with Crippen LogP contribution in [0.1, 0.15) is 16.7 Å². The van der Waals surface area contributed by atoms with Crippen LogP contribution in [-0.4, -0.2) is 46.9 Å². The SMILES string of the molecule is Cc1ccccc1C1=C2C=CC(=[N+](C)C)C=C2S(=O)(=O)c2cc(N(C)C)ccc21. The molecule has 5 heteroatoms. The van der Waals surface area contributed by atoms with Crippen molar-refractivity contribution in [2.75, 3.05) is 33.1 Å². The molecule has 0 aromatic heterocycles. The molecule has 0 amide bonds. The van der Waals surface area contributed by atoms with E-state index in [9.17, 15) is 8.42 Å². The smallest absolute Gasteiger partial charge is 0.208 e. The van der Waals surface area contributed by atoms with Crippen LogP contribution in [0.4, 0.5) is 5.69 Å². The summed E-state index contributed by atoms with van der Waals surface area (Å²) in [5.41, 5.74) is 6.39. The lowest BCUT2D eigenvalue weighted by Gasteiger charge is -2.28. The number of anilines is 1. The number of aryl methyl sites for hydroxylation is 1. The minimum atomic E-state index is -3.64. The zero-order valence-electron chi connectivity index (χ0n) is 17.4. The molecule has 0 bridgehead atoms. The summed E-state index contributed by atoms with van der Waals surface area (Å²) in [6.07, 6.45) is 5.70. The molecule has 4 nitrogen and oxygen atoms in total. The second-order valence-electron chi connectivity index (χ2n) is 7.84. The molecule has 1 aliphatic carbocycles. The third-order valence-corrected chi connectivity index (χ3v) is 7.33. The van der Waals surface area contributed by atoms with Gasteiger partial charge in [-0.25, -0.2) is 13.0 Å². The molecule has 29 heavy (non-hydrogen) atoms. The summed E-state index contributed by atoms with van der Waals surface area (Å²) in [5, 5.41) is 0. The number of nitrogens with zero attached hydrogens (tertiary/aromatic N) is 2. The molecule has 0 fully saturated rings. The van der Waals surface area contributed by atoms with E-state index >= 15 is 0 Å². The Morgan fingerprint density at radius 2 is 1.66 bits per heavy atom. The fourth-order valence-corrected chi connectivity index (χ4v) is 5.55. The van der Waals surface area contributed by atoms with Crippen LogP contribution in [0.2, 0.25) is 0 Å². The van der Waals surface area contributed by atoms with Gasteiger partial charge in [-0.1, -0.05) is 30.3 Å². The molecule has 0 N–H and O–H groups in total. The van der Waals surface area contributed by atoms with Gasteiger partial charge in [0.05, 0.1) is 9.80 Å². The summed E-state index contributed by atoms with van der Waals surface area (Å²) < 4.78 is 29.2. The van der Waals surface area contributed by atoms with Gasteiger partial charge >= 0.3 is 0 Å².